The van der Waals surface area contributed by atoms with Gasteiger partial charge in [0.1, 0.15) is 5.65 Å². The number of rotatable bonds is 5. The molecule has 2 aliphatic rings. The number of hydrogen-bond donors (Lipinski definition) is 1. The number of nitrogens with zero attached hydrogens (tertiary/aromatic N) is 3. The monoisotopic (exact) mass is 504 g/mol. The van der Waals surface area contributed by atoms with E-state index in [9.17, 15) is 4.79 Å². The molecule has 1 N–H and O–H groups in total. The minimum absolute atomic E-state index is 0.121. The molecule has 1 atom stereocenters. The van der Waals surface area contributed by atoms with E-state index >= 15 is 0 Å². The molecule has 0 bridgehead atoms. The van der Waals surface area contributed by atoms with E-state index in [2.05, 4.69) is 47.3 Å². The first kappa shape index (κ1) is 22.7. The molecular formula is C27H28N4O2S2. The third-order valence-corrected chi connectivity index (χ3v) is 8.82. The maximum atomic E-state index is 12.8. The molecule has 1 fully saturated rings. The number of amides is 1. The van der Waals surface area contributed by atoms with Crippen LogP contribution in [0.5, 0.6) is 0 Å². The van der Waals surface area contributed by atoms with Gasteiger partial charge in [-0.05, 0) is 41.1 Å². The predicted molar refractivity (Wildman–Crippen MR) is 143 cm³/mol. The molecule has 1 amide bonds. The van der Waals surface area contributed by atoms with Gasteiger partial charge in [0, 0.05) is 71.4 Å². The van der Waals surface area contributed by atoms with Gasteiger partial charge in [0.25, 0.3) is 5.91 Å². The fraction of sp³-hybridized carbons (Fsp3) is 0.333. The topological polar surface area (TPSA) is 61.5 Å². The Hall–Kier alpha value is -2.78. The van der Waals surface area contributed by atoms with Crippen molar-refractivity contribution in [2.45, 2.75) is 13.5 Å². The molecule has 4 aromatic rings. The predicted octanol–water partition coefficient (Wildman–Crippen LogP) is 5.36. The Morgan fingerprint density at radius 2 is 2.14 bits per heavy atom. The highest BCUT2D eigenvalue weighted by Crippen LogP contribution is 2.36. The molecule has 0 aliphatic carbocycles. The normalized spacial score (nSPS) is 19.3. The molecule has 6 nitrogen and oxygen atoms in total. The number of fused-ring (bicyclic) bond motifs is 1. The Kier molecular flexibility index (Phi) is 6.28. The van der Waals surface area contributed by atoms with Crippen LogP contribution in [0.2, 0.25) is 0 Å². The largest absolute Gasteiger partial charge is 0.379 e. The highest BCUT2D eigenvalue weighted by Gasteiger charge is 2.26. The lowest BCUT2D eigenvalue weighted by atomic mass is 9.90. The molecule has 6 rings (SSSR count). The van der Waals surface area contributed by atoms with Crippen LogP contribution >= 0.6 is 22.7 Å². The van der Waals surface area contributed by atoms with E-state index in [1.54, 1.807) is 0 Å². The molecule has 35 heavy (non-hydrogen) atoms. The van der Waals surface area contributed by atoms with Crippen molar-refractivity contribution in [1.29, 1.82) is 0 Å². The lowest BCUT2D eigenvalue weighted by Gasteiger charge is -2.31. The third kappa shape index (κ3) is 4.59. The number of ether oxygens (including phenoxy) is 1. The molecule has 6 heterocycles. The zero-order valence-electron chi connectivity index (χ0n) is 19.7. The molecule has 4 aromatic heterocycles. The van der Waals surface area contributed by atoms with E-state index in [1.807, 2.05) is 39.9 Å². The van der Waals surface area contributed by atoms with Gasteiger partial charge >= 0.3 is 0 Å². The number of hydrogen-bond acceptors (Lipinski definition) is 6. The Labute approximate surface area is 212 Å². The number of nitrogens with one attached hydrogen (secondary N) is 1. The fourth-order valence-electron chi connectivity index (χ4n) is 4.99. The number of aromatic amines is 1. The second kappa shape index (κ2) is 9.70. The average molecular weight is 505 g/mol. The molecule has 0 radical (unpaired) electrons. The van der Waals surface area contributed by atoms with Crippen LogP contribution in [0.25, 0.3) is 27.0 Å². The Bertz CT molecular complexity index is 1370. The highest BCUT2D eigenvalue weighted by molar-refractivity contribution is 7.15. The third-order valence-electron chi connectivity index (χ3n) is 6.85. The second-order valence-electron chi connectivity index (χ2n) is 9.22. The minimum atomic E-state index is 0.121. The molecule has 2 aliphatic heterocycles. The molecule has 0 saturated carbocycles. The van der Waals surface area contributed by atoms with Gasteiger partial charge in [0.2, 0.25) is 0 Å². The molecule has 1 unspecified atom stereocenters. The first-order valence-corrected chi connectivity index (χ1v) is 13.7. The number of carbonyl (C=O) groups is 1. The van der Waals surface area contributed by atoms with Crippen LogP contribution in [0.3, 0.4) is 0 Å². The van der Waals surface area contributed by atoms with Crippen LogP contribution in [0.4, 0.5) is 0 Å². The molecule has 0 aromatic carbocycles. The van der Waals surface area contributed by atoms with Crippen LogP contribution in [0, 0.1) is 5.92 Å². The van der Waals surface area contributed by atoms with Gasteiger partial charge in [-0.2, -0.15) is 0 Å². The van der Waals surface area contributed by atoms with Crippen molar-refractivity contribution in [3.05, 3.63) is 69.5 Å². The van der Waals surface area contributed by atoms with E-state index in [0.29, 0.717) is 6.54 Å². The summed E-state index contributed by atoms with van der Waals surface area (Å²) in [6.45, 7) is 8.17. The van der Waals surface area contributed by atoms with Gasteiger partial charge in [-0.25, -0.2) is 4.98 Å². The van der Waals surface area contributed by atoms with Crippen LogP contribution in [-0.2, 0) is 11.3 Å². The summed E-state index contributed by atoms with van der Waals surface area (Å²) in [6.07, 6.45) is 6.24. The van der Waals surface area contributed by atoms with Crippen LogP contribution in [0.15, 0.2) is 54.2 Å². The van der Waals surface area contributed by atoms with E-state index in [1.165, 1.54) is 32.2 Å². The van der Waals surface area contributed by atoms with Crippen molar-refractivity contribution in [2.75, 3.05) is 39.4 Å². The first-order valence-electron chi connectivity index (χ1n) is 12.1. The standard InChI is InChI=1S/C27H28N4O2S2/c1-18-16-31(27(32)25-3-2-12-34-25)7-6-21(18)23-15-29-26-22(23)13-19(14-28-26)24-5-4-20(35-24)17-30-8-10-33-11-9-30/h2-6,12-15,18H,7-11,16-17H2,1H3,(H,28,29). The van der Waals surface area contributed by atoms with Gasteiger partial charge < -0.3 is 14.6 Å². The number of morpholine rings is 1. The van der Waals surface area contributed by atoms with Crippen LogP contribution < -0.4 is 0 Å². The molecule has 180 valence electrons. The Morgan fingerprint density at radius 1 is 1.26 bits per heavy atom. The summed E-state index contributed by atoms with van der Waals surface area (Å²) >= 11 is 3.35. The van der Waals surface area contributed by atoms with Crippen molar-refractivity contribution in [2.24, 2.45) is 5.92 Å². The second-order valence-corrected chi connectivity index (χ2v) is 11.3. The SMILES string of the molecule is CC1CN(C(=O)c2cccs2)CC=C1c1c[nH]c2ncc(-c3ccc(CN4CCOCC4)s3)cc12. The average Bonchev–Trinajstić information content (AvgIpc) is 3.65. The number of carbonyl (C=O) groups excluding carboxylic acids is 1. The summed E-state index contributed by atoms with van der Waals surface area (Å²) in [5.41, 5.74) is 4.52. The van der Waals surface area contributed by atoms with Crippen molar-refractivity contribution in [1.82, 2.24) is 19.8 Å². The Morgan fingerprint density at radius 3 is 2.94 bits per heavy atom. The van der Waals surface area contributed by atoms with Gasteiger partial charge in [0.15, 0.2) is 0 Å². The summed E-state index contributed by atoms with van der Waals surface area (Å²) in [4.78, 5) is 28.7. The molecule has 1 saturated heterocycles. The molecule has 8 heteroatoms. The molecular weight excluding hydrogens is 476 g/mol. The van der Waals surface area contributed by atoms with Gasteiger partial charge in [-0.3, -0.25) is 9.69 Å². The number of thiophene rings is 2. The van der Waals surface area contributed by atoms with Crippen molar-refractivity contribution < 1.29 is 9.53 Å². The quantitative estimate of drug-likeness (QED) is 0.397. The van der Waals surface area contributed by atoms with E-state index in [0.717, 1.165) is 60.9 Å². The van der Waals surface area contributed by atoms with Crippen molar-refractivity contribution in [3.63, 3.8) is 0 Å². The van der Waals surface area contributed by atoms with E-state index in [4.69, 9.17) is 9.72 Å². The maximum Gasteiger partial charge on any atom is 0.264 e. The smallest absolute Gasteiger partial charge is 0.264 e. The van der Waals surface area contributed by atoms with Crippen LogP contribution in [-0.4, -0.2) is 65.1 Å². The lowest BCUT2D eigenvalue weighted by molar-refractivity contribution is 0.0346. The maximum absolute atomic E-state index is 12.8. The minimum Gasteiger partial charge on any atom is -0.379 e. The Balaban J connectivity index is 1.24. The summed E-state index contributed by atoms with van der Waals surface area (Å²) in [6, 6.07) is 10.5. The highest BCUT2D eigenvalue weighted by atomic mass is 32.1. The lowest BCUT2D eigenvalue weighted by Crippen LogP contribution is -2.37. The summed E-state index contributed by atoms with van der Waals surface area (Å²) in [5.74, 6) is 0.368. The number of aromatic nitrogens is 2. The molecule has 0 spiro atoms. The van der Waals surface area contributed by atoms with E-state index in [-0.39, 0.29) is 11.8 Å². The summed E-state index contributed by atoms with van der Waals surface area (Å²) < 4.78 is 5.48. The van der Waals surface area contributed by atoms with Crippen molar-refractivity contribution in [3.8, 4) is 10.4 Å². The van der Waals surface area contributed by atoms with E-state index < -0.39 is 0 Å². The van der Waals surface area contributed by atoms with Crippen molar-refractivity contribution >= 4 is 45.2 Å². The zero-order valence-corrected chi connectivity index (χ0v) is 21.3. The number of pyridine rings is 1. The van der Waals surface area contributed by atoms with Gasteiger partial charge in [0.05, 0.1) is 18.1 Å². The summed E-state index contributed by atoms with van der Waals surface area (Å²) in [5, 5.41) is 3.10. The van der Waals surface area contributed by atoms with Gasteiger partial charge in [-0.15, -0.1) is 22.7 Å². The first-order chi connectivity index (χ1) is 17.2. The number of H-pyrrole nitrogens is 1. The zero-order chi connectivity index (χ0) is 23.8. The summed E-state index contributed by atoms with van der Waals surface area (Å²) in [7, 11) is 0. The van der Waals surface area contributed by atoms with Gasteiger partial charge in [-0.1, -0.05) is 19.1 Å². The fourth-order valence-corrected chi connectivity index (χ4v) is 6.71. The van der Waals surface area contributed by atoms with Crippen LogP contribution in [0.1, 0.15) is 27.0 Å².